The van der Waals surface area contributed by atoms with Crippen molar-refractivity contribution in [1.82, 2.24) is 0 Å². The van der Waals surface area contributed by atoms with Gasteiger partial charge in [0.25, 0.3) is 0 Å². The van der Waals surface area contributed by atoms with E-state index in [0.717, 1.165) is 17.0 Å². The first-order valence-corrected chi connectivity index (χ1v) is 9.13. The molecular weight excluding hydrogens is 352 g/mol. The van der Waals surface area contributed by atoms with Crippen molar-refractivity contribution in [2.24, 2.45) is 0 Å². The van der Waals surface area contributed by atoms with E-state index in [-0.39, 0.29) is 18.6 Å². The van der Waals surface area contributed by atoms with Gasteiger partial charge >= 0.3 is 0 Å². The average Bonchev–Trinajstić information content (AvgIpc) is 2.73. The van der Waals surface area contributed by atoms with Gasteiger partial charge in [-0.2, -0.15) is 0 Å². The quantitative estimate of drug-likeness (QED) is 0.565. The minimum Gasteiger partial charge on any atom is -0.457 e. The fourth-order valence-electron chi connectivity index (χ4n) is 2.69. The van der Waals surface area contributed by atoms with Gasteiger partial charge in [-0.05, 0) is 48.9 Å². The van der Waals surface area contributed by atoms with Crippen LogP contribution in [0.15, 0.2) is 78.9 Å². The molecule has 1 amide bonds. The first-order chi connectivity index (χ1) is 13.6. The molecule has 0 bridgehead atoms. The summed E-state index contributed by atoms with van der Waals surface area (Å²) in [6.45, 7) is 2.14. The largest absolute Gasteiger partial charge is 0.457 e. The highest BCUT2D eigenvalue weighted by Crippen LogP contribution is 2.24. The Morgan fingerprint density at radius 2 is 1.61 bits per heavy atom. The summed E-state index contributed by atoms with van der Waals surface area (Å²) in [7, 11) is 1.67. The van der Waals surface area contributed by atoms with E-state index in [4.69, 9.17) is 9.47 Å². The van der Waals surface area contributed by atoms with Gasteiger partial charge in [0.05, 0.1) is 12.6 Å². The average molecular weight is 376 g/mol. The Kier molecular flexibility index (Phi) is 6.65. The molecule has 1 unspecified atom stereocenters. The Morgan fingerprint density at radius 1 is 0.893 bits per heavy atom. The normalized spacial score (nSPS) is 11.5. The Labute approximate surface area is 165 Å². The van der Waals surface area contributed by atoms with E-state index in [1.807, 2.05) is 79.7 Å². The molecule has 0 saturated heterocycles. The molecule has 5 nitrogen and oxygen atoms in total. The van der Waals surface area contributed by atoms with E-state index < -0.39 is 0 Å². The Bertz CT molecular complexity index is 912. The number of anilines is 2. The molecule has 0 saturated carbocycles. The third-order valence-electron chi connectivity index (χ3n) is 4.26. The van der Waals surface area contributed by atoms with Gasteiger partial charge < -0.3 is 20.1 Å². The minimum absolute atomic E-state index is 0.00271. The second-order valence-corrected chi connectivity index (χ2v) is 6.35. The van der Waals surface area contributed by atoms with Gasteiger partial charge in [0.15, 0.2) is 0 Å². The SMILES string of the molecule is COC(C)c1cccc(NCC(=O)Nc2cccc(Oc3ccccc3)c2)c1. The first kappa shape index (κ1) is 19.5. The maximum absolute atomic E-state index is 12.3. The monoisotopic (exact) mass is 376 g/mol. The van der Waals surface area contributed by atoms with Gasteiger partial charge in [-0.1, -0.05) is 36.4 Å². The van der Waals surface area contributed by atoms with Gasteiger partial charge in [-0.15, -0.1) is 0 Å². The van der Waals surface area contributed by atoms with Crippen LogP contribution >= 0.6 is 0 Å². The predicted molar refractivity (Wildman–Crippen MR) is 112 cm³/mol. The van der Waals surface area contributed by atoms with Crippen LogP contribution in [-0.2, 0) is 9.53 Å². The Balaban J connectivity index is 1.56. The number of nitrogens with one attached hydrogen (secondary N) is 2. The molecule has 3 aromatic rings. The minimum atomic E-state index is -0.137. The molecule has 0 fully saturated rings. The lowest BCUT2D eigenvalue weighted by Crippen LogP contribution is -2.21. The zero-order chi connectivity index (χ0) is 19.8. The molecule has 0 spiro atoms. The standard InChI is InChI=1S/C23H24N2O3/c1-17(27-2)18-8-6-9-19(14-18)24-16-23(26)25-20-10-7-13-22(15-20)28-21-11-4-3-5-12-21/h3-15,17,24H,16H2,1-2H3,(H,25,26). The molecule has 3 aromatic carbocycles. The number of hydrogen-bond acceptors (Lipinski definition) is 4. The van der Waals surface area contributed by atoms with Crippen molar-refractivity contribution < 1.29 is 14.3 Å². The highest BCUT2D eigenvalue weighted by Gasteiger charge is 2.07. The Hall–Kier alpha value is -3.31. The van der Waals surface area contributed by atoms with E-state index in [1.54, 1.807) is 13.2 Å². The summed E-state index contributed by atoms with van der Waals surface area (Å²) in [6.07, 6.45) is 0.00271. The van der Waals surface area contributed by atoms with Crippen molar-refractivity contribution in [3.05, 3.63) is 84.4 Å². The van der Waals surface area contributed by atoms with Crippen LogP contribution < -0.4 is 15.4 Å². The number of carbonyl (C=O) groups excluding carboxylic acids is 1. The molecule has 0 aliphatic rings. The molecule has 1 atom stereocenters. The highest BCUT2D eigenvalue weighted by molar-refractivity contribution is 5.93. The van der Waals surface area contributed by atoms with Crippen molar-refractivity contribution in [3.63, 3.8) is 0 Å². The molecule has 144 valence electrons. The van der Waals surface area contributed by atoms with Crippen LogP contribution in [0.1, 0.15) is 18.6 Å². The van der Waals surface area contributed by atoms with Gasteiger partial charge in [-0.25, -0.2) is 0 Å². The lowest BCUT2D eigenvalue weighted by molar-refractivity contribution is -0.114. The first-order valence-electron chi connectivity index (χ1n) is 9.13. The zero-order valence-corrected chi connectivity index (χ0v) is 16.0. The summed E-state index contributed by atoms with van der Waals surface area (Å²) in [4.78, 5) is 12.3. The number of para-hydroxylation sites is 1. The molecule has 0 aliphatic heterocycles. The zero-order valence-electron chi connectivity index (χ0n) is 16.0. The third-order valence-corrected chi connectivity index (χ3v) is 4.26. The van der Waals surface area contributed by atoms with Crippen LogP contribution in [0.4, 0.5) is 11.4 Å². The van der Waals surface area contributed by atoms with E-state index in [9.17, 15) is 4.79 Å². The second kappa shape index (κ2) is 9.58. The molecule has 0 aromatic heterocycles. The number of benzene rings is 3. The summed E-state index contributed by atoms with van der Waals surface area (Å²) in [6, 6.07) is 24.7. The Morgan fingerprint density at radius 3 is 2.39 bits per heavy atom. The smallest absolute Gasteiger partial charge is 0.243 e. The van der Waals surface area contributed by atoms with Crippen molar-refractivity contribution in [3.8, 4) is 11.5 Å². The predicted octanol–water partition coefficient (Wildman–Crippen LogP) is 5.24. The molecule has 0 heterocycles. The molecule has 2 N–H and O–H groups in total. The highest BCUT2D eigenvalue weighted by atomic mass is 16.5. The van der Waals surface area contributed by atoms with Gasteiger partial charge in [0.1, 0.15) is 11.5 Å². The van der Waals surface area contributed by atoms with Gasteiger partial charge in [-0.3, -0.25) is 4.79 Å². The van der Waals surface area contributed by atoms with Crippen LogP contribution in [0.3, 0.4) is 0 Å². The number of ether oxygens (including phenoxy) is 2. The number of rotatable bonds is 8. The molecule has 3 rings (SSSR count). The molecule has 5 heteroatoms. The van der Waals surface area contributed by atoms with Crippen LogP contribution in [0.25, 0.3) is 0 Å². The number of carbonyl (C=O) groups is 1. The van der Waals surface area contributed by atoms with Crippen LogP contribution in [-0.4, -0.2) is 19.6 Å². The summed E-state index contributed by atoms with van der Waals surface area (Å²) >= 11 is 0. The number of methoxy groups -OCH3 is 1. The second-order valence-electron chi connectivity index (χ2n) is 6.35. The fourth-order valence-corrected chi connectivity index (χ4v) is 2.69. The summed E-state index contributed by atoms with van der Waals surface area (Å²) in [5.74, 6) is 1.28. The summed E-state index contributed by atoms with van der Waals surface area (Å²) in [5, 5.41) is 6.02. The maximum atomic E-state index is 12.3. The number of hydrogen-bond donors (Lipinski definition) is 2. The van der Waals surface area contributed by atoms with Crippen LogP contribution in [0.2, 0.25) is 0 Å². The third kappa shape index (κ3) is 5.59. The fraction of sp³-hybridized carbons (Fsp3) is 0.174. The maximum Gasteiger partial charge on any atom is 0.243 e. The van der Waals surface area contributed by atoms with Crippen molar-refractivity contribution >= 4 is 17.3 Å². The summed E-state index contributed by atoms with van der Waals surface area (Å²) in [5.41, 5.74) is 2.61. The molecular formula is C23H24N2O3. The van der Waals surface area contributed by atoms with E-state index in [0.29, 0.717) is 11.4 Å². The van der Waals surface area contributed by atoms with E-state index >= 15 is 0 Å². The van der Waals surface area contributed by atoms with E-state index in [1.165, 1.54) is 0 Å². The molecule has 0 radical (unpaired) electrons. The van der Waals surface area contributed by atoms with Crippen LogP contribution in [0.5, 0.6) is 11.5 Å². The summed E-state index contributed by atoms with van der Waals surface area (Å²) < 4.78 is 11.1. The number of amides is 1. The lowest BCUT2D eigenvalue weighted by atomic mass is 10.1. The lowest BCUT2D eigenvalue weighted by Gasteiger charge is -2.13. The molecule has 0 aliphatic carbocycles. The van der Waals surface area contributed by atoms with E-state index in [2.05, 4.69) is 10.6 Å². The molecule has 28 heavy (non-hydrogen) atoms. The van der Waals surface area contributed by atoms with Gasteiger partial charge in [0, 0.05) is 24.6 Å². The van der Waals surface area contributed by atoms with Crippen molar-refractivity contribution in [1.29, 1.82) is 0 Å². The topological polar surface area (TPSA) is 59.6 Å². The van der Waals surface area contributed by atoms with Crippen LogP contribution in [0, 0.1) is 0 Å². The van der Waals surface area contributed by atoms with Gasteiger partial charge in [0.2, 0.25) is 5.91 Å². The van der Waals surface area contributed by atoms with Crippen molar-refractivity contribution in [2.75, 3.05) is 24.3 Å². The van der Waals surface area contributed by atoms with Crippen molar-refractivity contribution in [2.45, 2.75) is 13.0 Å².